The van der Waals surface area contributed by atoms with Crippen molar-refractivity contribution < 1.29 is 9.53 Å². The Morgan fingerprint density at radius 3 is 2.45 bits per heavy atom. The number of primary amides is 1. The summed E-state index contributed by atoms with van der Waals surface area (Å²) in [6.45, 7) is 3.33. The van der Waals surface area contributed by atoms with E-state index >= 15 is 0 Å². The van der Waals surface area contributed by atoms with Crippen LogP contribution in [-0.2, 0) is 15.1 Å². The molecule has 0 saturated carbocycles. The molecule has 1 aromatic rings. The van der Waals surface area contributed by atoms with Gasteiger partial charge in [0.25, 0.3) is 0 Å². The van der Waals surface area contributed by atoms with Gasteiger partial charge in [-0.05, 0) is 12.0 Å². The fourth-order valence-corrected chi connectivity index (χ4v) is 2.11. The lowest BCUT2D eigenvalue weighted by Gasteiger charge is -2.26. The molecule has 20 heavy (non-hydrogen) atoms. The molecule has 1 aromatic carbocycles. The van der Waals surface area contributed by atoms with E-state index < -0.39 is 11.4 Å². The molecule has 0 aliphatic carbocycles. The van der Waals surface area contributed by atoms with Gasteiger partial charge < -0.3 is 16.2 Å². The first-order chi connectivity index (χ1) is 9.61. The number of ether oxygens (including phenoxy) is 1. The second kappa shape index (κ2) is 8.72. The second-order valence-electron chi connectivity index (χ2n) is 5.12. The average molecular weight is 278 g/mol. The van der Waals surface area contributed by atoms with Crippen molar-refractivity contribution in [2.24, 2.45) is 11.5 Å². The van der Waals surface area contributed by atoms with Gasteiger partial charge in [-0.25, -0.2) is 0 Å². The molecule has 1 unspecified atom stereocenters. The van der Waals surface area contributed by atoms with E-state index in [9.17, 15) is 4.79 Å². The van der Waals surface area contributed by atoms with Gasteiger partial charge in [-0.15, -0.1) is 0 Å². The summed E-state index contributed by atoms with van der Waals surface area (Å²) in [6, 6.07) is 9.24. The summed E-state index contributed by atoms with van der Waals surface area (Å²) in [5, 5.41) is 0. The molecule has 4 nitrogen and oxygen atoms in total. The quantitative estimate of drug-likeness (QED) is 0.645. The van der Waals surface area contributed by atoms with Crippen LogP contribution in [0, 0.1) is 0 Å². The van der Waals surface area contributed by atoms with Gasteiger partial charge in [0.05, 0.1) is 0 Å². The SMILES string of the molecule is CCCCCCOCCC(N)(C(N)=O)c1ccccc1. The lowest BCUT2D eigenvalue weighted by molar-refractivity contribution is -0.124. The van der Waals surface area contributed by atoms with E-state index in [1.54, 1.807) is 0 Å². The van der Waals surface area contributed by atoms with E-state index in [0.29, 0.717) is 19.6 Å². The molecule has 1 amide bonds. The van der Waals surface area contributed by atoms with Crippen LogP contribution in [0.15, 0.2) is 30.3 Å². The zero-order valence-corrected chi connectivity index (χ0v) is 12.3. The fraction of sp³-hybridized carbons (Fsp3) is 0.562. The number of hydrogen-bond acceptors (Lipinski definition) is 3. The number of carbonyl (C=O) groups is 1. The Bertz CT molecular complexity index is 395. The average Bonchev–Trinajstić information content (AvgIpc) is 2.46. The Balaban J connectivity index is 2.43. The molecule has 0 fully saturated rings. The highest BCUT2D eigenvalue weighted by Gasteiger charge is 2.33. The van der Waals surface area contributed by atoms with Crippen molar-refractivity contribution in [2.75, 3.05) is 13.2 Å². The van der Waals surface area contributed by atoms with E-state index in [1.165, 1.54) is 19.3 Å². The van der Waals surface area contributed by atoms with Crippen LogP contribution in [0.2, 0.25) is 0 Å². The van der Waals surface area contributed by atoms with Crippen molar-refractivity contribution >= 4 is 5.91 Å². The topological polar surface area (TPSA) is 78.3 Å². The zero-order chi connectivity index (χ0) is 14.8. The maximum absolute atomic E-state index is 11.7. The highest BCUT2D eigenvalue weighted by atomic mass is 16.5. The van der Waals surface area contributed by atoms with Gasteiger partial charge in [-0.2, -0.15) is 0 Å². The van der Waals surface area contributed by atoms with Gasteiger partial charge in [0.15, 0.2) is 0 Å². The van der Waals surface area contributed by atoms with Crippen LogP contribution in [-0.4, -0.2) is 19.1 Å². The molecule has 1 atom stereocenters. The van der Waals surface area contributed by atoms with E-state index in [1.807, 2.05) is 30.3 Å². The predicted molar refractivity (Wildman–Crippen MR) is 81.1 cm³/mol. The number of rotatable bonds is 10. The Hall–Kier alpha value is -1.39. The molecular formula is C16H26N2O2. The van der Waals surface area contributed by atoms with Gasteiger partial charge in [-0.3, -0.25) is 4.79 Å². The normalized spacial score (nSPS) is 13.9. The van der Waals surface area contributed by atoms with Gasteiger partial charge in [-0.1, -0.05) is 56.5 Å². The van der Waals surface area contributed by atoms with Crippen molar-refractivity contribution in [3.05, 3.63) is 35.9 Å². The fourth-order valence-electron chi connectivity index (χ4n) is 2.11. The highest BCUT2D eigenvalue weighted by Crippen LogP contribution is 2.21. The van der Waals surface area contributed by atoms with E-state index in [-0.39, 0.29) is 0 Å². The molecule has 112 valence electrons. The Morgan fingerprint density at radius 1 is 1.15 bits per heavy atom. The predicted octanol–water partition coefficient (Wildman–Crippen LogP) is 2.31. The summed E-state index contributed by atoms with van der Waals surface area (Å²) in [4.78, 5) is 11.7. The molecule has 4 N–H and O–H groups in total. The Morgan fingerprint density at radius 2 is 1.85 bits per heavy atom. The maximum atomic E-state index is 11.7. The third kappa shape index (κ3) is 4.94. The highest BCUT2D eigenvalue weighted by molar-refractivity contribution is 5.85. The monoisotopic (exact) mass is 278 g/mol. The summed E-state index contributed by atoms with van der Waals surface area (Å²) in [5.74, 6) is -0.515. The van der Waals surface area contributed by atoms with Crippen LogP contribution in [0.25, 0.3) is 0 Å². The van der Waals surface area contributed by atoms with Crippen molar-refractivity contribution in [3.63, 3.8) is 0 Å². The minimum atomic E-state index is -1.15. The first-order valence-corrected chi connectivity index (χ1v) is 7.33. The van der Waals surface area contributed by atoms with Gasteiger partial charge >= 0.3 is 0 Å². The standard InChI is InChI=1S/C16H26N2O2/c1-2-3-4-8-12-20-13-11-16(18,15(17)19)14-9-6-5-7-10-14/h5-7,9-10H,2-4,8,11-13,18H2,1H3,(H2,17,19). The third-order valence-electron chi connectivity index (χ3n) is 3.51. The van der Waals surface area contributed by atoms with Crippen LogP contribution in [0.4, 0.5) is 0 Å². The van der Waals surface area contributed by atoms with Gasteiger partial charge in [0, 0.05) is 19.6 Å². The molecule has 4 heteroatoms. The summed E-state index contributed by atoms with van der Waals surface area (Å²) < 4.78 is 5.56. The van der Waals surface area contributed by atoms with Crippen molar-refractivity contribution in [2.45, 2.75) is 44.6 Å². The number of amides is 1. The third-order valence-corrected chi connectivity index (χ3v) is 3.51. The minimum absolute atomic E-state index is 0.403. The van der Waals surface area contributed by atoms with E-state index in [0.717, 1.165) is 12.0 Å². The molecule has 0 spiro atoms. The van der Waals surface area contributed by atoms with E-state index in [4.69, 9.17) is 16.2 Å². The molecule has 1 rings (SSSR count). The Labute approximate surface area is 121 Å². The molecule has 0 aromatic heterocycles. The lowest BCUT2D eigenvalue weighted by atomic mass is 9.87. The number of nitrogens with two attached hydrogens (primary N) is 2. The van der Waals surface area contributed by atoms with Gasteiger partial charge in [0.2, 0.25) is 5.91 Å². The summed E-state index contributed by atoms with van der Waals surface area (Å²) >= 11 is 0. The number of hydrogen-bond donors (Lipinski definition) is 2. The Kier molecular flexibility index (Phi) is 7.26. The van der Waals surface area contributed by atoms with Crippen molar-refractivity contribution in [3.8, 4) is 0 Å². The first kappa shape index (κ1) is 16.7. The van der Waals surface area contributed by atoms with Crippen LogP contribution >= 0.6 is 0 Å². The molecule has 0 aliphatic rings. The molecular weight excluding hydrogens is 252 g/mol. The van der Waals surface area contributed by atoms with Crippen LogP contribution in [0.1, 0.15) is 44.6 Å². The molecule has 0 bridgehead atoms. The maximum Gasteiger partial charge on any atom is 0.242 e. The summed E-state index contributed by atoms with van der Waals surface area (Å²) in [6.07, 6.45) is 5.07. The largest absolute Gasteiger partial charge is 0.381 e. The molecule has 0 radical (unpaired) electrons. The van der Waals surface area contributed by atoms with Crippen molar-refractivity contribution in [1.82, 2.24) is 0 Å². The minimum Gasteiger partial charge on any atom is -0.381 e. The second-order valence-corrected chi connectivity index (χ2v) is 5.12. The first-order valence-electron chi connectivity index (χ1n) is 7.33. The smallest absolute Gasteiger partial charge is 0.242 e. The van der Waals surface area contributed by atoms with Gasteiger partial charge in [0.1, 0.15) is 5.54 Å². The van der Waals surface area contributed by atoms with Crippen LogP contribution in [0.5, 0.6) is 0 Å². The van der Waals surface area contributed by atoms with Crippen molar-refractivity contribution in [1.29, 1.82) is 0 Å². The molecule has 0 saturated heterocycles. The zero-order valence-electron chi connectivity index (χ0n) is 12.3. The van der Waals surface area contributed by atoms with Crippen LogP contribution in [0.3, 0.4) is 0 Å². The molecule has 0 aliphatic heterocycles. The number of unbranched alkanes of at least 4 members (excludes halogenated alkanes) is 3. The number of carbonyl (C=O) groups excluding carboxylic acids is 1. The molecule has 0 heterocycles. The number of benzene rings is 1. The van der Waals surface area contributed by atoms with Crippen LogP contribution < -0.4 is 11.5 Å². The lowest BCUT2D eigenvalue weighted by Crippen LogP contribution is -2.49. The summed E-state index contributed by atoms with van der Waals surface area (Å²) in [5.41, 5.74) is 11.2. The summed E-state index contributed by atoms with van der Waals surface area (Å²) in [7, 11) is 0. The van der Waals surface area contributed by atoms with E-state index in [2.05, 4.69) is 6.92 Å².